The molecule has 0 bridgehead atoms. The molecule has 206 valence electrons. The van der Waals surface area contributed by atoms with Gasteiger partial charge in [0.2, 0.25) is 0 Å². The summed E-state index contributed by atoms with van der Waals surface area (Å²) in [5, 5.41) is 18.8. The zero-order valence-corrected chi connectivity index (χ0v) is 21.4. The minimum atomic E-state index is -4.98. The molecule has 2 atom stereocenters. The first-order chi connectivity index (χ1) is 18.3. The Bertz CT molecular complexity index is 1530. The van der Waals surface area contributed by atoms with Crippen molar-refractivity contribution < 1.29 is 27.8 Å². The number of hydrogen-bond acceptors (Lipinski definition) is 8. The van der Waals surface area contributed by atoms with Crippen LogP contribution in [0.1, 0.15) is 24.7 Å². The number of nitrogens with zero attached hydrogens (tertiary/aromatic N) is 7. The SMILES string of the molecule is CC(OC(N)=O)c1nc(Cn2nc(-c3ccc(Cl)cc3)n(C[C@H](O)C(F)(F)F)c2=O)nn1-c1ccc(Cl)cn1. The van der Waals surface area contributed by atoms with Gasteiger partial charge < -0.3 is 15.6 Å². The van der Waals surface area contributed by atoms with Crippen molar-refractivity contribution in [2.75, 3.05) is 0 Å². The van der Waals surface area contributed by atoms with Crippen LogP contribution in [-0.2, 0) is 17.8 Å². The van der Waals surface area contributed by atoms with Crippen molar-refractivity contribution in [3.8, 4) is 17.2 Å². The molecule has 17 heteroatoms. The standard InChI is InChI=1S/C22H19Cl2F3N8O4/c1-11(39-20(28)37)18-30-16(31-35(18)17-7-6-14(24)8-29-17)10-34-21(38)33(9-15(36)22(25,26)27)19(32-34)12-2-4-13(23)5-3-12/h2-8,11,15,36H,9-10H2,1H3,(H2,28,37)/t11?,15-/m0/s1. The fourth-order valence-corrected chi connectivity index (χ4v) is 3.76. The monoisotopic (exact) mass is 586 g/mol. The molecule has 0 saturated heterocycles. The fraction of sp³-hybridized carbons (Fsp3) is 0.273. The Labute approximate surface area is 227 Å². The van der Waals surface area contributed by atoms with Crippen molar-refractivity contribution in [1.29, 1.82) is 0 Å². The molecule has 0 aliphatic carbocycles. The topological polar surface area (TPSA) is 156 Å². The first-order valence-electron chi connectivity index (χ1n) is 11.1. The second-order valence-corrected chi connectivity index (χ2v) is 9.02. The molecule has 0 spiro atoms. The van der Waals surface area contributed by atoms with Crippen LogP contribution in [0.25, 0.3) is 17.2 Å². The Morgan fingerprint density at radius 2 is 1.79 bits per heavy atom. The van der Waals surface area contributed by atoms with Crippen LogP contribution in [0, 0.1) is 0 Å². The van der Waals surface area contributed by atoms with Crippen LogP contribution in [-0.4, -0.2) is 57.6 Å². The van der Waals surface area contributed by atoms with E-state index in [0.29, 0.717) is 14.6 Å². The molecule has 1 unspecified atom stereocenters. The number of amides is 1. The third-order valence-electron chi connectivity index (χ3n) is 5.31. The molecule has 3 heterocycles. The number of rotatable bonds is 8. The number of aliphatic hydroxyl groups excluding tert-OH is 1. The van der Waals surface area contributed by atoms with Crippen LogP contribution in [0.15, 0.2) is 47.4 Å². The van der Waals surface area contributed by atoms with Gasteiger partial charge in [0.25, 0.3) is 0 Å². The highest BCUT2D eigenvalue weighted by Crippen LogP contribution is 2.24. The van der Waals surface area contributed by atoms with Gasteiger partial charge >= 0.3 is 18.0 Å². The number of ether oxygens (including phenoxy) is 1. The van der Waals surface area contributed by atoms with Gasteiger partial charge in [-0.05, 0) is 43.3 Å². The quantitative estimate of drug-likeness (QED) is 0.319. The number of primary amides is 1. The molecule has 3 N–H and O–H groups in total. The molecule has 0 aliphatic rings. The van der Waals surface area contributed by atoms with Crippen molar-refractivity contribution >= 4 is 29.3 Å². The molecule has 1 amide bonds. The van der Waals surface area contributed by atoms with Gasteiger partial charge in [0.15, 0.2) is 35.5 Å². The Hall–Kier alpha value is -3.95. The number of nitrogens with two attached hydrogens (primary N) is 1. The Kier molecular flexibility index (Phi) is 7.94. The summed E-state index contributed by atoms with van der Waals surface area (Å²) in [6.45, 7) is -0.0277. The molecule has 0 radical (unpaired) electrons. The summed E-state index contributed by atoms with van der Waals surface area (Å²) in [4.78, 5) is 32.9. The van der Waals surface area contributed by atoms with E-state index in [4.69, 9.17) is 33.7 Å². The average Bonchev–Trinajstić information content (AvgIpc) is 3.41. The molecule has 39 heavy (non-hydrogen) atoms. The van der Waals surface area contributed by atoms with Crippen LogP contribution in [0.5, 0.6) is 0 Å². The number of aromatic nitrogens is 7. The molecule has 0 fully saturated rings. The highest BCUT2D eigenvalue weighted by molar-refractivity contribution is 6.30. The van der Waals surface area contributed by atoms with Crippen molar-refractivity contribution in [2.45, 2.75) is 38.4 Å². The highest BCUT2D eigenvalue weighted by Gasteiger charge is 2.39. The van der Waals surface area contributed by atoms with Crippen molar-refractivity contribution in [2.24, 2.45) is 5.73 Å². The summed E-state index contributed by atoms with van der Waals surface area (Å²) >= 11 is 11.8. The number of halogens is 5. The lowest BCUT2D eigenvalue weighted by Crippen LogP contribution is -2.37. The van der Waals surface area contributed by atoms with Crippen LogP contribution in [0.3, 0.4) is 0 Å². The molecule has 0 aliphatic heterocycles. The van der Waals surface area contributed by atoms with Gasteiger partial charge in [-0.25, -0.2) is 24.2 Å². The zero-order valence-electron chi connectivity index (χ0n) is 19.9. The molecule has 4 aromatic rings. The number of carbonyl (C=O) groups excluding carboxylic acids is 1. The number of hydrogen-bond donors (Lipinski definition) is 2. The third kappa shape index (κ3) is 6.38. The second kappa shape index (κ2) is 11.0. The van der Waals surface area contributed by atoms with E-state index in [1.807, 2.05) is 0 Å². The van der Waals surface area contributed by atoms with Gasteiger partial charge in [-0.15, -0.1) is 10.2 Å². The van der Waals surface area contributed by atoms with Gasteiger partial charge in [-0.2, -0.15) is 17.9 Å². The van der Waals surface area contributed by atoms with Crippen molar-refractivity contribution in [1.82, 2.24) is 34.1 Å². The van der Waals surface area contributed by atoms with Gasteiger partial charge in [0.05, 0.1) is 11.6 Å². The second-order valence-electron chi connectivity index (χ2n) is 8.15. The van der Waals surface area contributed by atoms with E-state index in [0.717, 1.165) is 4.68 Å². The van der Waals surface area contributed by atoms with Gasteiger partial charge in [-0.3, -0.25) is 4.57 Å². The minimum absolute atomic E-state index is 0.0209. The van der Waals surface area contributed by atoms with E-state index in [1.165, 1.54) is 54.2 Å². The summed E-state index contributed by atoms with van der Waals surface area (Å²) in [6, 6.07) is 8.92. The van der Waals surface area contributed by atoms with Crippen LogP contribution in [0.4, 0.5) is 18.0 Å². The zero-order chi connectivity index (χ0) is 28.5. The predicted octanol–water partition coefficient (Wildman–Crippen LogP) is 3.12. The summed E-state index contributed by atoms with van der Waals surface area (Å²) < 4.78 is 47.1. The van der Waals surface area contributed by atoms with E-state index in [1.54, 1.807) is 0 Å². The van der Waals surface area contributed by atoms with E-state index >= 15 is 0 Å². The van der Waals surface area contributed by atoms with Gasteiger partial charge in [0, 0.05) is 16.8 Å². The smallest absolute Gasteiger partial charge is 0.416 e. The first-order valence-corrected chi connectivity index (χ1v) is 11.8. The number of benzene rings is 1. The number of pyridine rings is 1. The lowest BCUT2D eigenvalue weighted by molar-refractivity contribution is -0.207. The number of aliphatic hydroxyl groups is 1. The predicted molar refractivity (Wildman–Crippen MR) is 131 cm³/mol. The number of carbonyl (C=O) groups is 1. The summed E-state index contributed by atoms with van der Waals surface area (Å²) in [5.41, 5.74) is 4.44. The Morgan fingerprint density at radius 3 is 2.38 bits per heavy atom. The normalized spacial score (nSPS) is 13.3. The van der Waals surface area contributed by atoms with E-state index in [9.17, 15) is 27.9 Å². The fourth-order valence-electron chi connectivity index (χ4n) is 3.52. The largest absolute Gasteiger partial charge is 0.438 e. The average molecular weight is 587 g/mol. The van der Waals surface area contributed by atoms with Gasteiger partial charge in [-0.1, -0.05) is 23.2 Å². The molecule has 3 aromatic heterocycles. The maximum absolute atomic E-state index is 13.2. The lowest BCUT2D eigenvalue weighted by atomic mass is 10.2. The molecule has 1 aromatic carbocycles. The number of alkyl halides is 3. The maximum atomic E-state index is 13.2. The summed E-state index contributed by atoms with van der Waals surface area (Å²) in [6.07, 6.45) is -8.53. The van der Waals surface area contributed by atoms with Crippen LogP contribution >= 0.6 is 23.2 Å². The van der Waals surface area contributed by atoms with Crippen molar-refractivity contribution in [3.63, 3.8) is 0 Å². The first kappa shape index (κ1) is 28.1. The van der Waals surface area contributed by atoms with Crippen LogP contribution < -0.4 is 11.4 Å². The molecule has 4 rings (SSSR count). The minimum Gasteiger partial charge on any atom is -0.438 e. The maximum Gasteiger partial charge on any atom is 0.416 e. The van der Waals surface area contributed by atoms with E-state index < -0.39 is 43.3 Å². The molecule has 12 nitrogen and oxygen atoms in total. The highest BCUT2D eigenvalue weighted by atomic mass is 35.5. The van der Waals surface area contributed by atoms with E-state index in [2.05, 4.69) is 20.2 Å². The molecular weight excluding hydrogens is 568 g/mol. The summed E-state index contributed by atoms with van der Waals surface area (Å²) in [5.74, 6) is 0.148. The third-order valence-corrected chi connectivity index (χ3v) is 5.79. The van der Waals surface area contributed by atoms with Crippen molar-refractivity contribution in [3.05, 3.63) is 74.8 Å². The van der Waals surface area contributed by atoms with Gasteiger partial charge in [0.1, 0.15) is 6.54 Å². The Morgan fingerprint density at radius 1 is 1.13 bits per heavy atom. The van der Waals surface area contributed by atoms with E-state index in [-0.39, 0.29) is 28.9 Å². The molecule has 0 saturated carbocycles. The summed E-state index contributed by atoms with van der Waals surface area (Å²) in [7, 11) is 0. The lowest BCUT2D eigenvalue weighted by Gasteiger charge is -2.15. The Balaban J connectivity index is 1.77. The molecular formula is C22H19Cl2F3N8O4. The van der Waals surface area contributed by atoms with Crippen LogP contribution in [0.2, 0.25) is 10.0 Å².